The molecule has 0 spiro atoms. The van der Waals surface area contributed by atoms with Crippen molar-refractivity contribution in [2.75, 3.05) is 0 Å². The molecule has 0 saturated carbocycles. The summed E-state index contributed by atoms with van der Waals surface area (Å²) in [5.74, 6) is 1.61. The van der Waals surface area contributed by atoms with Crippen molar-refractivity contribution in [2.24, 2.45) is 0 Å². The van der Waals surface area contributed by atoms with E-state index in [1.165, 1.54) is 11.1 Å². The fourth-order valence-corrected chi connectivity index (χ4v) is 3.27. The van der Waals surface area contributed by atoms with Crippen LogP contribution in [0.3, 0.4) is 0 Å². The lowest BCUT2D eigenvalue weighted by Gasteiger charge is -2.27. The molecule has 0 radical (unpaired) electrons. The van der Waals surface area contributed by atoms with E-state index >= 15 is 0 Å². The molecule has 0 bridgehead atoms. The van der Waals surface area contributed by atoms with Gasteiger partial charge in [-0.25, -0.2) is 0 Å². The highest BCUT2D eigenvalue weighted by atomic mass is 16.7. The second-order valence-corrected chi connectivity index (χ2v) is 8.41. The highest BCUT2D eigenvalue weighted by Gasteiger charge is 2.23. The number of rotatable bonds is 10. The van der Waals surface area contributed by atoms with Crippen molar-refractivity contribution in [2.45, 2.75) is 85.6 Å². The molecule has 2 unspecified atom stereocenters. The van der Waals surface area contributed by atoms with Crippen LogP contribution in [0.1, 0.15) is 66.5 Å². The SMILES string of the molecule is CC(C)OC(C)Oc1ccc(C(C)(C)c2ccc(OC(C)OC(C)C)cc2)cc1. The first-order valence-corrected chi connectivity index (χ1v) is 10.4. The molecule has 2 atom stereocenters. The van der Waals surface area contributed by atoms with Gasteiger partial charge in [0.15, 0.2) is 12.6 Å². The quantitative estimate of drug-likeness (QED) is 0.438. The van der Waals surface area contributed by atoms with Gasteiger partial charge in [-0.15, -0.1) is 0 Å². The zero-order chi connectivity index (χ0) is 21.6. The third-order valence-electron chi connectivity index (χ3n) is 4.68. The largest absolute Gasteiger partial charge is 0.465 e. The first-order valence-electron chi connectivity index (χ1n) is 10.4. The van der Waals surface area contributed by atoms with Gasteiger partial charge in [-0.1, -0.05) is 38.1 Å². The summed E-state index contributed by atoms with van der Waals surface area (Å²) in [6, 6.07) is 16.4. The Morgan fingerprint density at radius 2 is 0.862 bits per heavy atom. The molecule has 0 saturated heterocycles. The normalized spacial score (nSPS) is 14.1. The summed E-state index contributed by atoms with van der Waals surface area (Å²) in [5, 5.41) is 0. The van der Waals surface area contributed by atoms with E-state index in [1.54, 1.807) is 0 Å². The number of ether oxygens (including phenoxy) is 4. The van der Waals surface area contributed by atoms with Crippen LogP contribution in [0, 0.1) is 0 Å². The molecular weight excluding hydrogens is 364 g/mol. The van der Waals surface area contributed by atoms with E-state index in [2.05, 4.69) is 38.1 Å². The molecule has 29 heavy (non-hydrogen) atoms. The van der Waals surface area contributed by atoms with Crippen LogP contribution in [0.5, 0.6) is 11.5 Å². The average molecular weight is 401 g/mol. The summed E-state index contributed by atoms with van der Waals surface area (Å²) in [6.45, 7) is 16.3. The Morgan fingerprint density at radius 1 is 0.552 bits per heavy atom. The van der Waals surface area contributed by atoms with Crippen LogP contribution < -0.4 is 9.47 Å². The monoisotopic (exact) mass is 400 g/mol. The molecule has 2 aromatic carbocycles. The minimum atomic E-state index is -0.275. The molecule has 0 N–H and O–H groups in total. The number of hydrogen-bond donors (Lipinski definition) is 0. The van der Waals surface area contributed by atoms with Crippen molar-refractivity contribution in [3.63, 3.8) is 0 Å². The lowest BCUT2D eigenvalue weighted by atomic mass is 9.78. The van der Waals surface area contributed by atoms with Crippen LogP contribution in [0.4, 0.5) is 0 Å². The summed E-state index contributed by atoms with van der Waals surface area (Å²) in [5.41, 5.74) is 2.29. The Hall–Kier alpha value is -2.04. The van der Waals surface area contributed by atoms with Gasteiger partial charge in [0, 0.05) is 5.41 Å². The van der Waals surface area contributed by atoms with E-state index in [0.29, 0.717) is 0 Å². The smallest absolute Gasteiger partial charge is 0.197 e. The highest BCUT2D eigenvalue weighted by Crippen LogP contribution is 2.33. The van der Waals surface area contributed by atoms with E-state index < -0.39 is 0 Å². The molecule has 0 heterocycles. The average Bonchev–Trinajstić information content (AvgIpc) is 2.61. The highest BCUT2D eigenvalue weighted by molar-refractivity contribution is 5.41. The van der Waals surface area contributed by atoms with Gasteiger partial charge in [0.25, 0.3) is 0 Å². The van der Waals surface area contributed by atoms with Crippen LogP contribution in [0.2, 0.25) is 0 Å². The second kappa shape index (κ2) is 10.1. The standard InChI is InChI=1S/C25H36O4/c1-17(2)26-19(5)28-23-13-9-21(10-14-23)25(7,8)22-11-15-24(16-12-22)29-20(6)27-18(3)4/h9-20H,1-8H3. The molecule has 0 amide bonds. The molecule has 4 nitrogen and oxygen atoms in total. The van der Waals surface area contributed by atoms with Crippen LogP contribution in [-0.2, 0) is 14.9 Å². The molecule has 2 aromatic rings. The van der Waals surface area contributed by atoms with Crippen molar-refractivity contribution in [1.29, 1.82) is 0 Å². The summed E-state index contributed by atoms with van der Waals surface area (Å²) < 4.78 is 22.9. The molecular formula is C25H36O4. The first-order chi connectivity index (χ1) is 13.6. The van der Waals surface area contributed by atoms with E-state index in [-0.39, 0.29) is 30.2 Å². The minimum Gasteiger partial charge on any atom is -0.465 e. The van der Waals surface area contributed by atoms with Gasteiger partial charge >= 0.3 is 0 Å². The van der Waals surface area contributed by atoms with E-state index in [4.69, 9.17) is 18.9 Å². The van der Waals surface area contributed by atoms with Gasteiger partial charge in [0.1, 0.15) is 11.5 Å². The van der Waals surface area contributed by atoms with Crippen molar-refractivity contribution < 1.29 is 18.9 Å². The molecule has 160 valence electrons. The predicted octanol–water partition coefficient (Wildman–Crippen LogP) is 6.31. The van der Waals surface area contributed by atoms with Gasteiger partial charge in [-0.2, -0.15) is 0 Å². The third-order valence-corrected chi connectivity index (χ3v) is 4.68. The fourth-order valence-electron chi connectivity index (χ4n) is 3.27. The molecule has 0 aromatic heterocycles. The maximum Gasteiger partial charge on any atom is 0.197 e. The predicted molar refractivity (Wildman–Crippen MR) is 118 cm³/mol. The second-order valence-electron chi connectivity index (χ2n) is 8.41. The summed E-state index contributed by atoms with van der Waals surface area (Å²) in [7, 11) is 0. The molecule has 0 fully saturated rings. The van der Waals surface area contributed by atoms with Gasteiger partial charge < -0.3 is 18.9 Å². The van der Waals surface area contributed by atoms with Crippen molar-refractivity contribution in [1.82, 2.24) is 0 Å². The molecule has 0 aliphatic rings. The van der Waals surface area contributed by atoms with Gasteiger partial charge in [0.05, 0.1) is 12.2 Å². The summed E-state index contributed by atoms with van der Waals surface area (Å²) in [4.78, 5) is 0. The molecule has 0 aliphatic heterocycles. The summed E-state index contributed by atoms with van der Waals surface area (Å²) in [6.07, 6.45) is -0.280. The van der Waals surface area contributed by atoms with E-state index in [9.17, 15) is 0 Å². The van der Waals surface area contributed by atoms with Crippen LogP contribution in [-0.4, -0.2) is 24.8 Å². The van der Waals surface area contributed by atoms with Crippen LogP contribution >= 0.6 is 0 Å². The van der Waals surface area contributed by atoms with Crippen LogP contribution in [0.25, 0.3) is 0 Å². The topological polar surface area (TPSA) is 36.9 Å². The van der Waals surface area contributed by atoms with Crippen molar-refractivity contribution in [3.8, 4) is 11.5 Å². The Labute approximate surface area is 176 Å². The fraction of sp³-hybridized carbons (Fsp3) is 0.520. The molecule has 2 rings (SSSR count). The Balaban J connectivity index is 2.05. The Bertz CT molecular complexity index is 669. The van der Waals surface area contributed by atoms with Crippen molar-refractivity contribution in [3.05, 3.63) is 59.7 Å². The lowest BCUT2D eigenvalue weighted by Crippen LogP contribution is -2.21. The zero-order valence-corrected chi connectivity index (χ0v) is 19.1. The number of hydrogen-bond acceptors (Lipinski definition) is 4. The molecule has 0 aliphatic carbocycles. The molecule has 4 heteroatoms. The lowest BCUT2D eigenvalue weighted by molar-refractivity contribution is -0.0955. The third kappa shape index (κ3) is 7.06. The van der Waals surface area contributed by atoms with E-state index in [1.807, 2.05) is 65.8 Å². The van der Waals surface area contributed by atoms with Crippen molar-refractivity contribution >= 4 is 0 Å². The Kier molecular flexibility index (Phi) is 8.12. The van der Waals surface area contributed by atoms with Crippen LogP contribution in [0.15, 0.2) is 48.5 Å². The van der Waals surface area contributed by atoms with Gasteiger partial charge in [-0.05, 0) is 76.9 Å². The summed E-state index contributed by atoms with van der Waals surface area (Å²) >= 11 is 0. The van der Waals surface area contributed by atoms with E-state index in [0.717, 1.165) is 11.5 Å². The number of benzene rings is 2. The maximum absolute atomic E-state index is 5.83. The maximum atomic E-state index is 5.83. The Morgan fingerprint density at radius 3 is 1.14 bits per heavy atom. The zero-order valence-electron chi connectivity index (χ0n) is 19.1. The van der Waals surface area contributed by atoms with Gasteiger partial charge in [0.2, 0.25) is 0 Å². The first kappa shape index (κ1) is 23.2. The minimum absolute atomic E-state index is 0.134. The van der Waals surface area contributed by atoms with Gasteiger partial charge in [-0.3, -0.25) is 0 Å².